The number of unbranched alkanes of at least 4 members (excludes halogenated alkanes) is 35. The van der Waals surface area contributed by atoms with E-state index in [1.807, 2.05) is 0 Å². The third-order valence-electron chi connectivity index (χ3n) is 12.0. The molecule has 1 unspecified atom stereocenters. The molecule has 0 saturated heterocycles. The van der Waals surface area contributed by atoms with E-state index in [1.54, 1.807) is 0 Å². The summed E-state index contributed by atoms with van der Waals surface area (Å²) in [4.78, 5) is 25.4. The molecule has 354 valence electrons. The van der Waals surface area contributed by atoms with E-state index in [0.717, 1.165) is 51.4 Å². The molecule has 0 aromatic carbocycles. The predicted octanol–water partition coefficient (Wildman–Crippen LogP) is 18.0. The maximum atomic E-state index is 12.8. The Hall–Kier alpha value is -1.62. The van der Waals surface area contributed by atoms with Gasteiger partial charge in [-0.15, -0.1) is 0 Å². The molecule has 0 aliphatic heterocycles. The van der Waals surface area contributed by atoms with E-state index in [9.17, 15) is 9.59 Å². The van der Waals surface area contributed by atoms with Crippen molar-refractivity contribution in [2.45, 2.75) is 297 Å². The van der Waals surface area contributed by atoms with Crippen LogP contribution in [-0.2, 0) is 23.8 Å². The average Bonchev–Trinajstić information content (AvgIpc) is 3.25. The summed E-state index contributed by atoms with van der Waals surface area (Å²) in [5.41, 5.74) is 0. The van der Waals surface area contributed by atoms with Crippen molar-refractivity contribution in [3.8, 4) is 0 Å². The minimum atomic E-state index is -0.535. The topological polar surface area (TPSA) is 61.8 Å². The summed E-state index contributed by atoms with van der Waals surface area (Å²) in [6, 6.07) is 0. The first-order valence-electron chi connectivity index (χ1n) is 26.9. The van der Waals surface area contributed by atoms with Crippen molar-refractivity contribution in [2.24, 2.45) is 0 Å². The molecule has 60 heavy (non-hydrogen) atoms. The van der Waals surface area contributed by atoms with E-state index in [2.05, 4.69) is 45.1 Å². The molecular weight excluding hydrogens is 741 g/mol. The first-order chi connectivity index (χ1) is 29.6. The second kappa shape index (κ2) is 51.7. The second-order valence-electron chi connectivity index (χ2n) is 18.1. The fraction of sp³-hybridized carbons (Fsp3) is 0.891. The highest BCUT2D eigenvalue weighted by molar-refractivity contribution is 5.70. The zero-order valence-corrected chi connectivity index (χ0v) is 40.7. The third kappa shape index (κ3) is 49.0. The summed E-state index contributed by atoms with van der Waals surface area (Å²) in [6.07, 6.45) is 60.4. The Morgan fingerprint density at radius 1 is 0.367 bits per heavy atom. The Kier molecular flexibility index (Phi) is 50.3. The number of hydrogen-bond donors (Lipinski definition) is 0. The van der Waals surface area contributed by atoms with Crippen LogP contribution >= 0.6 is 0 Å². The monoisotopic (exact) mass is 845 g/mol. The van der Waals surface area contributed by atoms with Gasteiger partial charge in [-0.05, 0) is 51.4 Å². The lowest BCUT2D eigenvalue weighted by Gasteiger charge is -2.18. The summed E-state index contributed by atoms with van der Waals surface area (Å²) >= 11 is 0. The van der Waals surface area contributed by atoms with Crippen LogP contribution in [0, 0.1) is 0 Å². The Balaban J connectivity index is 4.15. The van der Waals surface area contributed by atoms with Crippen LogP contribution in [-0.4, -0.2) is 37.9 Å². The van der Waals surface area contributed by atoms with Gasteiger partial charge >= 0.3 is 11.9 Å². The lowest BCUT2D eigenvalue weighted by molar-refractivity contribution is -0.163. The molecule has 0 saturated carbocycles. The lowest BCUT2D eigenvalue weighted by atomic mass is 10.0. The molecule has 0 aromatic heterocycles. The molecule has 0 N–H and O–H groups in total. The molecule has 0 aromatic rings. The standard InChI is InChI=1S/C55H104O5/c1-4-7-10-13-16-19-22-24-26-27-28-29-31-32-34-36-39-42-45-48-54(56)59-52-53(51-58-50-47-44-41-38-21-18-15-12-9-6-3)60-55(57)49-46-43-40-37-35-33-30-25-23-20-17-14-11-8-5-2/h17,20,25,30,53H,4-16,18-19,21-24,26-29,31-52H2,1-3H3/b20-17-,30-25-. The first-order valence-corrected chi connectivity index (χ1v) is 26.9. The van der Waals surface area contributed by atoms with Crippen LogP contribution in [0.2, 0.25) is 0 Å². The van der Waals surface area contributed by atoms with Crippen LogP contribution < -0.4 is 0 Å². The van der Waals surface area contributed by atoms with Crippen molar-refractivity contribution < 1.29 is 23.8 Å². The summed E-state index contributed by atoms with van der Waals surface area (Å²) in [7, 11) is 0. The number of allylic oxidation sites excluding steroid dienone is 4. The molecule has 0 heterocycles. The maximum Gasteiger partial charge on any atom is 0.306 e. The van der Waals surface area contributed by atoms with Crippen molar-refractivity contribution in [1.82, 2.24) is 0 Å². The van der Waals surface area contributed by atoms with Crippen LogP contribution in [0.15, 0.2) is 24.3 Å². The molecule has 5 heteroatoms. The summed E-state index contributed by atoms with van der Waals surface area (Å²) < 4.78 is 17.4. The van der Waals surface area contributed by atoms with Gasteiger partial charge in [0.25, 0.3) is 0 Å². The van der Waals surface area contributed by atoms with E-state index in [0.29, 0.717) is 19.4 Å². The molecular formula is C55H104O5. The van der Waals surface area contributed by atoms with Crippen molar-refractivity contribution in [1.29, 1.82) is 0 Å². The number of ether oxygens (including phenoxy) is 3. The van der Waals surface area contributed by atoms with Gasteiger partial charge in [-0.2, -0.15) is 0 Å². The molecule has 5 nitrogen and oxygen atoms in total. The van der Waals surface area contributed by atoms with E-state index in [1.165, 1.54) is 205 Å². The number of rotatable bonds is 50. The number of carbonyl (C=O) groups excluding carboxylic acids is 2. The van der Waals surface area contributed by atoms with Crippen molar-refractivity contribution in [2.75, 3.05) is 19.8 Å². The number of esters is 2. The van der Waals surface area contributed by atoms with Gasteiger partial charge in [-0.3, -0.25) is 9.59 Å². The highest BCUT2D eigenvalue weighted by Gasteiger charge is 2.17. The minimum absolute atomic E-state index is 0.0872. The van der Waals surface area contributed by atoms with Gasteiger partial charge in [0.2, 0.25) is 0 Å². The lowest BCUT2D eigenvalue weighted by Crippen LogP contribution is -2.30. The van der Waals surface area contributed by atoms with E-state index in [-0.39, 0.29) is 25.2 Å². The van der Waals surface area contributed by atoms with Crippen molar-refractivity contribution >= 4 is 11.9 Å². The third-order valence-corrected chi connectivity index (χ3v) is 12.0. The molecule has 0 bridgehead atoms. The fourth-order valence-corrected chi connectivity index (χ4v) is 7.95. The zero-order chi connectivity index (χ0) is 43.5. The number of carbonyl (C=O) groups is 2. The van der Waals surface area contributed by atoms with Crippen LogP contribution in [0.25, 0.3) is 0 Å². The predicted molar refractivity (Wildman–Crippen MR) is 261 cm³/mol. The molecule has 0 aliphatic carbocycles. The zero-order valence-electron chi connectivity index (χ0n) is 40.7. The Morgan fingerprint density at radius 2 is 0.700 bits per heavy atom. The van der Waals surface area contributed by atoms with Crippen LogP contribution in [0.1, 0.15) is 290 Å². The first kappa shape index (κ1) is 58.4. The van der Waals surface area contributed by atoms with Crippen molar-refractivity contribution in [3.05, 3.63) is 24.3 Å². The minimum Gasteiger partial charge on any atom is -0.462 e. The van der Waals surface area contributed by atoms with E-state index >= 15 is 0 Å². The SMILES string of the molecule is CCCCC/C=C\C/C=C\CCCCCCCC(=O)OC(COCCCCCCCCCCCC)COC(=O)CCCCCCCCCCCCCCCCCCCCC. The number of hydrogen-bond acceptors (Lipinski definition) is 5. The molecule has 0 aliphatic rings. The second-order valence-corrected chi connectivity index (χ2v) is 18.1. The van der Waals surface area contributed by atoms with Gasteiger partial charge in [0.1, 0.15) is 6.61 Å². The van der Waals surface area contributed by atoms with Gasteiger partial charge in [-0.25, -0.2) is 0 Å². The molecule has 0 spiro atoms. The Bertz CT molecular complexity index is 913. The highest BCUT2D eigenvalue weighted by atomic mass is 16.6. The largest absolute Gasteiger partial charge is 0.462 e. The molecule has 1 atom stereocenters. The normalized spacial score (nSPS) is 12.2. The maximum absolute atomic E-state index is 12.8. The van der Waals surface area contributed by atoms with Crippen molar-refractivity contribution in [3.63, 3.8) is 0 Å². The van der Waals surface area contributed by atoms with Gasteiger partial charge < -0.3 is 14.2 Å². The van der Waals surface area contributed by atoms with Gasteiger partial charge in [0.15, 0.2) is 6.10 Å². The van der Waals surface area contributed by atoms with Crippen LogP contribution in [0.4, 0.5) is 0 Å². The molecule has 0 radical (unpaired) electrons. The summed E-state index contributed by atoms with van der Waals surface area (Å²) in [6.45, 7) is 7.84. The molecule has 0 rings (SSSR count). The van der Waals surface area contributed by atoms with E-state index < -0.39 is 6.10 Å². The average molecular weight is 845 g/mol. The fourth-order valence-electron chi connectivity index (χ4n) is 7.95. The quantitative estimate of drug-likeness (QED) is 0.0347. The van der Waals surface area contributed by atoms with Crippen LogP contribution in [0.3, 0.4) is 0 Å². The van der Waals surface area contributed by atoms with E-state index in [4.69, 9.17) is 14.2 Å². The van der Waals surface area contributed by atoms with Gasteiger partial charge in [0.05, 0.1) is 6.61 Å². The summed E-state index contributed by atoms with van der Waals surface area (Å²) in [5, 5.41) is 0. The highest BCUT2D eigenvalue weighted by Crippen LogP contribution is 2.16. The molecule has 0 fully saturated rings. The molecule has 0 amide bonds. The Labute approximate surface area is 375 Å². The van der Waals surface area contributed by atoms with Gasteiger partial charge in [-0.1, -0.05) is 251 Å². The van der Waals surface area contributed by atoms with Crippen LogP contribution in [0.5, 0.6) is 0 Å². The summed E-state index contributed by atoms with van der Waals surface area (Å²) in [5.74, 6) is -0.394. The van der Waals surface area contributed by atoms with Gasteiger partial charge in [0, 0.05) is 19.4 Å². The smallest absolute Gasteiger partial charge is 0.306 e. The Morgan fingerprint density at radius 3 is 1.13 bits per heavy atom.